The van der Waals surface area contributed by atoms with Gasteiger partial charge in [0.15, 0.2) is 0 Å². The fourth-order valence-electron chi connectivity index (χ4n) is 1.24. The van der Waals surface area contributed by atoms with Crippen LogP contribution in [0.4, 0.5) is 5.69 Å². The van der Waals surface area contributed by atoms with Crippen molar-refractivity contribution < 1.29 is 14.0 Å². The highest BCUT2D eigenvalue weighted by molar-refractivity contribution is 7.27. The first kappa shape index (κ1) is 12.3. The van der Waals surface area contributed by atoms with Crippen LogP contribution in [-0.4, -0.2) is 4.92 Å². The molecule has 1 unspecified atom stereocenters. The van der Waals surface area contributed by atoms with Gasteiger partial charge >= 0.3 is 0 Å². The fourth-order valence-corrected chi connectivity index (χ4v) is 1.75. The number of para-hydroxylation sites is 1. The van der Waals surface area contributed by atoms with E-state index in [1.807, 2.05) is 30.3 Å². The van der Waals surface area contributed by atoms with Crippen LogP contribution in [0.15, 0.2) is 54.6 Å². The molecule has 0 aliphatic carbocycles. The molecule has 5 nitrogen and oxygen atoms in total. The minimum absolute atomic E-state index is 0.0367. The van der Waals surface area contributed by atoms with Gasteiger partial charge in [-0.2, -0.15) is 0 Å². The number of benzene rings is 2. The van der Waals surface area contributed by atoms with E-state index in [4.69, 9.17) is 9.05 Å². The van der Waals surface area contributed by atoms with Crippen LogP contribution in [0.25, 0.3) is 0 Å². The molecular formula is C12H10NO4P. The highest BCUT2D eigenvalue weighted by Crippen LogP contribution is 2.26. The molecule has 0 radical (unpaired) electrons. The molecule has 2 aromatic rings. The maximum atomic E-state index is 10.5. The van der Waals surface area contributed by atoms with Crippen molar-refractivity contribution in [2.45, 2.75) is 0 Å². The van der Waals surface area contributed by atoms with Gasteiger partial charge in [-0.1, -0.05) is 18.2 Å². The molecule has 0 bridgehead atoms. The van der Waals surface area contributed by atoms with Crippen LogP contribution >= 0.6 is 9.03 Å². The molecule has 6 heteroatoms. The van der Waals surface area contributed by atoms with Gasteiger partial charge in [0.1, 0.15) is 11.5 Å². The van der Waals surface area contributed by atoms with Gasteiger partial charge in [0.2, 0.25) is 0 Å². The Morgan fingerprint density at radius 1 is 0.889 bits per heavy atom. The Kier molecular flexibility index (Phi) is 4.10. The van der Waals surface area contributed by atoms with E-state index in [-0.39, 0.29) is 14.7 Å². The Morgan fingerprint density at radius 2 is 1.44 bits per heavy atom. The molecule has 1 atom stereocenters. The zero-order valence-electron chi connectivity index (χ0n) is 9.28. The predicted molar refractivity (Wildman–Crippen MR) is 69.1 cm³/mol. The highest BCUT2D eigenvalue weighted by atomic mass is 31.1. The molecule has 0 spiro atoms. The number of nitro benzene ring substituents is 1. The number of hydrogen-bond donors (Lipinski definition) is 0. The summed E-state index contributed by atoms with van der Waals surface area (Å²) >= 11 is 0. The van der Waals surface area contributed by atoms with Crippen molar-refractivity contribution in [3.8, 4) is 11.5 Å². The van der Waals surface area contributed by atoms with E-state index >= 15 is 0 Å². The van der Waals surface area contributed by atoms with Crippen LogP contribution in [-0.2, 0) is 0 Å². The first-order chi connectivity index (χ1) is 8.75. The van der Waals surface area contributed by atoms with E-state index in [2.05, 4.69) is 0 Å². The lowest BCUT2D eigenvalue weighted by molar-refractivity contribution is -0.384. The summed E-state index contributed by atoms with van der Waals surface area (Å²) in [5, 5.41) is 10.5. The van der Waals surface area contributed by atoms with Crippen molar-refractivity contribution in [1.29, 1.82) is 0 Å². The minimum Gasteiger partial charge on any atom is -0.441 e. The lowest BCUT2D eigenvalue weighted by Gasteiger charge is -2.06. The number of rotatable bonds is 5. The summed E-state index contributed by atoms with van der Waals surface area (Å²) in [6, 6.07) is 15.1. The standard InChI is InChI=1S/C12H10NO4P/c14-13(15)10-6-8-12(9-7-10)17-18-16-11-4-2-1-3-5-11/h1-9,18H. The number of non-ortho nitro benzene ring substituents is 1. The van der Waals surface area contributed by atoms with Crippen LogP contribution in [0.3, 0.4) is 0 Å². The van der Waals surface area contributed by atoms with E-state index in [9.17, 15) is 10.1 Å². The Labute approximate surface area is 105 Å². The van der Waals surface area contributed by atoms with Crippen molar-refractivity contribution in [2.24, 2.45) is 0 Å². The van der Waals surface area contributed by atoms with E-state index < -0.39 is 4.92 Å². The van der Waals surface area contributed by atoms with Gasteiger partial charge in [-0.3, -0.25) is 10.1 Å². The van der Waals surface area contributed by atoms with Gasteiger partial charge in [0.05, 0.1) is 4.92 Å². The zero-order valence-corrected chi connectivity index (χ0v) is 10.3. The summed E-state index contributed by atoms with van der Waals surface area (Å²) < 4.78 is 10.7. The van der Waals surface area contributed by atoms with Crippen LogP contribution in [0, 0.1) is 10.1 Å². The smallest absolute Gasteiger partial charge is 0.275 e. The van der Waals surface area contributed by atoms with Crippen LogP contribution in [0.5, 0.6) is 11.5 Å². The molecule has 0 amide bonds. The van der Waals surface area contributed by atoms with Crippen molar-refractivity contribution in [1.82, 2.24) is 0 Å². The molecule has 92 valence electrons. The van der Waals surface area contributed by atoms with E-state index in [1.54, 1.807) is 12.1 Å². The van der Waals surface area contributed by atoms with Crippen LogP contribution < -0.4 is 9.05 Å². The van der Waals surface area contributed by atoms with Crippen LogP contribution in [0.2, 0.25) is 0 Å². The molecule has 2 rings (SSSR count). The summed E-state index contributed by atoms with van der Waals surface area (Å²) in [4.78, 5) is 10.0. The van der Waals surface area contributed by atoms with Crippen molar-refractivity contribution in [3.63, 3.8) is 0 Å². The number of nitrogens with zero attached hydrogens (tertiary/aromatic N) is 1. The first-order valence-electron chi connectivity index (χ1n) is 5.14. The SMILES string of the molecule is O=[N+]([O-])c1ccc(OPOc2ccccc2)cc1. The number of nitro groups is 1. The molecular weight excluding hydrogens is 253 g/mol. The van der Waals surface area contributed by atoms with E-state index in [0.717, 1.165) is 5.75 Å². The van der Waals surface area contributed by atoms with Crippen LogP contribution in [0.1, 0.15) is 0 Å². The third-order valence-electron chi connectivity index (χ3n) is 2.11. The number of hydrogen-bond acceptors (Lipinski definition) is 4. The monoisotopic (exact) mass is 263 g/mol. The Morgan fingerprint density at radius 3 is 2.00 bits per heavy atom. The van der Waals surface area contributed by atoms with Gasteiger partial charge in [0, 0.05) is 12.1 Å². The summed E-state index contributed by atoms with van der Waals surface area (Å²) in [6.45, 7) is 0. The molecule has 0 saturated carbocycles. The summed E-state index contributed by atoms with van der Waals surface area (Å²) in [5.74, 6) is 1.26. The average Bonchev–Trinajstić information content (AvgIpc) is 2.40. The largest absolute Gasteiger partial charge is 0.441 e. The Hall–Kier alpha value is -2.13. The highest BCUT2D eigenvalue weighted by Gasteiger charge is 2.04. The fraction of sp³-hybridized carbons (Fsp3) is 0. The summed E-state index contributed by atoms with van der Waals surface area (Å²) in [7, 11) is -0.191. The molecule has 0 aliphatic heterocycles. The zero-order chi connectivity index (χ0) is 12.8. The van der Waals surface area contributed by atoms with Crippen molar-refractivity contribution in [3.05, 3.63) is 64.7 Å². The minimum atomic E-state index is -0.452. The molecule has 0 heterocycles. The van der Waals surface area contributed by atoms with E-state index in [0.29, 0.717) is 5.75 Å². The van der Waals surface area contributed by atoms with Gasteiger partial charge in [-0.15, -0.1) is 0 Å². The quantitative estimate of drug-likeness (QED) is 0.470. The second-order valence-corrected chi connectivity index (χ2v) is 3.93. The van der Waals surface area contributed by atoms with Gasteiger partial charge < -0.3 is 9.05 Å². The average molecular weight is 263 g/mol. The summed E-state index contributed by atoms with van der Waals surface area (Å²) in [6.07, 6.45) is 0. The molecule has 0 fully saturated rings. The maximum absolute atomic E-state index is 10.5. The Balaban J connectivity index is 1.85. The van der Waals surface area contributed by atoms with E-state index in [1.165, 1.54) is 12.1 Å². The van der Waals surface area contributed by atoms with Crippen molar-refractivity contribution in [2.75, 3.05) is 0 Å². The lowest BCUT2D eigenvalue weighted by Crippen LogP contribution is -1.88. The molecule has 0 aromatic heterocycles. The second-order valence-electron chi connectivity index (χ2n) is 3.35. The third kappa shape index (κ3) is 3.43. The molecule has 0 N–H and O–H groups in total. The third-order valence-corrected chi connectivity index (χ3v) is 2.75. The van der Waals surface area contributed by atoms with Gasteiger partial charge in [-0.25, -0.2) is 0 Å². The predicted octanol–water partition coefficient (Wildman–Crippen LogP) is 3.56. The molecule has 0 saturated heterocycles. The second kappa shape index (κ2) is 5.98. The van der Waals surface area contributed by atoms with Gasteiger partial charge in [-0.05, 0) is 24.3 Å². The Bertz CT molecular complexity index is 515. The topological polar surface area (TPSA) is 61.6 Å². The summed E-state index contributed by atoms with van der Waals surface area (Å²) in [5.41, 5.74) is 0.0367. The maximum Gasteiger partial charge on any atom is 0.275 e. The first-order valence-corrected chi connectivity index (χ1v) is 5.95. The molecule has 18 heavy (non-hydrogen) atoms. The van der Waals surface area contributed by atoms with Gasteiger partial charge in [0.25, 0.3) is 14.7 Å². The normalized spacial score (nSPS) is 10.4. The molecule has 0 aliphatic rings. The van der Waals surface area contributed by atoms with Crippen molar-refractivity contribution >= 4 is 14.7 Å². The lowest BCUT2D eigenvalue weighted by atomic mass is 10.3. The molecule has 2 aromatic carbocycles.